The Bertz CT molecular complexity index is 4860. The van der Waals surface area contributed by atoms with Crippen molar-refractivity contribution < 1.29 is 78.9 Å². The fourth-order valence-electron chi connectivity index (χ4n) is 8.00. The molecule has 11 heterocycles. The Kier molecular flexibility index (Phi) is 37.2. The van der Waals surface area contributed by atoms with Crippen LogP contribution in [0, 0.1) is 70.7 Å². The van der Waals surface area contributed by atoms with Crippen molar-refractivity contribution in [3.8, 4) is 70.1 Å². The zero-order valence-electron chi connectivity index (χ0n) is 61.0. The fourth-order valence-corrected chi connectivity index (χ4v) is 8.79. The van der Waals surface area contributed by atoms with E-state index in [0.717, 1.165) is 50.0 Å². The second-order valence-electron chi connectivity index (χ2n) is 24.6. The molecule has 2 aliphatic rings. The molecule has 13 rings (SSSR count). The van der Waals surface area contributed by atoms with E-state index in [0.29, 0.717) is 57.8 Å². The van der Waals surface area contributed by atoms with Crippen LogP contribution in [0.5, 0.6) is 0 Å². The molecule has 2 fully saturated rings. The number of nitrogens with zero attached hydrogens (tertiary/aromatic N) is 11. The zero-order valence-corrected chi connectivity index (χ0v) is 65.3. The molecule has 576 valence electrons. The molecule has 2 aromatic carbocycles. The van der Waals surface area contributed by atoms with Crippen LogP contribution in [0.4, 0.5) is 26.3 Å². The van der Waals surface area contributed by atoms with Gasteiger partial charge in [0.1, 0.15) is 84.1 Å². The van der Waals surface area contributed by atoms with Gasteiger partial charge in [0.05, 0.1) is 50.4 Å². The lowest BCUT2D eigenvalue weighted by atomic mass is 9.91. The molecule has 0 atom stereocenters. The van der Waals surface area contributed by atoms with Crippen LogP contribution in [-0.4, -0.2) is 145 Å². The van der Waals surface area contributed by atoms with E-state index in [-0.39, 0.29) is 65.2 Å². The minimum atomic E-state index is -1.35. The number of carbonyl (C=O) groups excluding carboxylic acids is 3. The number of hydrogen-bond donors (Lipinski definition) is 3. The number of carboxylic acids is 1. The summed E-state index contributed by atoms with van der Waals surface area (Å²) in [4.78, 5) is 68.8. The predicted octanol–water partition coefficient (Wildman–Crippen LogP) is 15.8. The van der Waals surface area contributed by atoms with Gasteiger partial charge >= 0.3 is 17.9 Å². The lowest BCUT2D eigenvalue weighted by Crippen LogP contribution is -2.48. The monoisotopic (exact) mass is 1640 g/mol. The Morgan fingerprint density at radius 3 is 1.30 bits per heavy atom. The van der Waals surface area contributed by atoms with Gasteiger partial charge in [0, 0.05) is 56.2 Å². The number of aromatic nitrogens is 9. The maximum absolute atomic E-state index is 12.9. The van der Waals surface area contributed by atoms with E-state index >= 15 is 0 Å². The van der Waals surface area contributed by atoms with Gasteiger partial charge in [-0.15, -0.1) is 23.9 Å². The summed E-state index contributed by atoms with van der Waals surface area (Å²) in [6.45, 7) is 20.3. The van der Waals surface area contributed by atoms with Crippen molar-refractivity contribution in [3.63, 3.8) is 0 Å². The predicted molar refractivity (Wildman–Crippen MR) is 411 cm³/mol. The van der Waals surface area contributed by atoms with Crippen molar-refractivity contribution in [1.82, 2.24) is 55.6 Å². The highest BCUT2D eigenvalue weighted by atomic mass is 79.9. The first-order valence-corrected chi connectivity index (χ1v) is 41.4. The van der Waals surface area contributed by atoms with Crippen molar-refractivity contribution in [2.75, 3.05) is 39.4 Å². The molecule has 0 spiro atoms. The third-order valence-corrected chi connectivity index (χ3v) is 16.1. The van der Waals surface area contributed by atoms with Crippen LogP contribution in [0.2, 0.25) is 39.3 Å². The second kappa shape index (κ2) is 46.2. The first kappa shape index (κ1) is 89.4. The van der Waals surface area contributed by atoms with Gasteiger partial charge in [-0.2, -0.15) is 0 Å². The average molecular weight is 1640 g/mol. The van der Waals surface area contributed by atoms with E-state index in [4.69, 9.17) is 53.1 Å². The van der Waals surface area contributed by atoms with Gasteiger partial charge < -0.3 is 43.6 Å². The number of oxime groups is 1. The summed E-state index contributed by atoms with van der Waals surface area (Å²) in [6.07, 6.45) is 16.7. The number of esters is 2. The highest BCUT2D eigenvalue weighted by molar-refractivity contribution is 9.10. The number of aromatic carboxylic acids is 1. The Morgan fingerprint density at radius 2 is 0.955 bits per heavy atom. The van der Waals surface area contributed by atoms with E-state index < -0.39 is 56.7 Å². The Balaban J connectivity index is 0.000000230. The summed E-state index contributed by atoms with van der Waals surface area (Å²) in [5.41, 5.74) is 11.0. The van der Waals surface area contributed by atoms with Crippen LogP contribution in [0.25, 0.3) is 34.4 Å². The number of rotatable bonds is 11. The summed E-state index contributed by atoms with van der Waals surface area (Å²) < 4.78 is 99.2. The molecule has 3 N–H and O–H groups in total. The minimum absolute atomic E-state index is 0.0629. The van der Waals surface area contributed by atoms with Crippen molar-refractivity contribution in [1.29, 1.82) is 0 Å². The molecular weight excluding hydrogens is 1570 g/mol. The van der Waals surface area contributed by atoms with Crippen LogP contribution < -0.4 is 5.32 Å². The molecule has 9 aromatic heterocycles. The smallest absolute Gasteiger partial charge is 0.372 e. The third kappa shape index (κ3) is 33.4. The molecular formula is C78H74BrClF6N12O11Si2. The molecule has 11 aromatic rings. The maximum Gasteiger partial charge on any atom is 0.372 e. The number of nitrogens with one attached hydrogen (secondary N) is 1. The number of pyridine rings is 6. The molecule has 111 heavy (non-hydrogen) atoms. The summed E-state index contributed by atoms with van der Waals surface area (Å²) in [7, 11) is -2.45. The molecule has 0 aliphatic carbocycles. The minimum Gasteiger partial charge on any atom is -0.476 e. The number of ether oxygens (including phenoxy) is 2. The lowest BCUT2D eigenvalue weighted by Gasteiger charge is -2.39. The fraction of sp³-hybridized carbons (Fsp3) is 0.205. The Hall–Kier alpha value is -12.3. The van der Waals surface area contributed by atoms with E-state index in [1.807, 2.05) is 18.2 Å². The molecule has 33 heteroatoms. The molecule has 2 aliphatic heterocycles. The summed E-state index contributed by atoms with van der Waals surface area (Å²) in [5.74, 6) is 2.09. The van der Waals surface area contributed by atoms with E-state index in [1.165, 1.54) is 90.1 Å². The summed E-state index contributed by atoms with van der Waals surface area (Å²) in [5, 5.41) is 32.3. The molecule has 0 saturated carbocycles. The number of hydrogen-bond acceptors (Lipinski definition) is 21. The summed E-state index contributed by atoms with van der Waals surface area (Å²) >= 11 is 8.09. The topological polar surface area (TPSA) is 310 Å². The number of terminal acetylenes is 2. The zero-order chi connectivity index (χ0) is 81.5. The van der Waals surface area contributed by atoms with Crippen molar-refractivity contribution >= 4 is 72.7 Å². The number of benzene rings is 2. The molecule has 0 unspecified atom stereocenters. The van der Waals surface area contributed by atoms with Gasteiger partial charge in [-0.05, 0) is 114 Å². The molecule has 23 nitrogen and oxygen atoms in total. The van der Waals surface area contributed by atoms with Crippen LogP contribution in [0.15, 0.2) is 212 Å². The van der Waals surface area contributed by atoms with Gasteiger partial charge in [-0.3, -0.25) is 4.79 Å². The van der Waals surface area contributed by atoms with Gasteiger partial charge in [0.25, 0.3) is 11.1 Å². The number of carboxylic acid groups (broad SMARTS) is 1. The van der Waals surface area contributed by atoms with Crippen LogP contribution in [0.3, 0.4) is 0 Å². The van der Waals surface area contributed by atoms with Crippen molar-refractivity contribution in [3.05, 3.63) is 268 Å². The standard InChI is InChI=1S/C18H14FN3O2.C11H9FN2O3.C10H12FNSi.C9H5FN2O3.C9H11N.C7H4FN.C5H3BrFN.C5H10Si.C4H6ClNO3/c19-14-6-7-15(20-9-14)17-8-16(21-24-17)18(23)22-10-13(11-22)12-4-2-1-3-5-12;1-2-16-11(15)9-5-10(17-14-9)8-4-3-7(12)6-13-8;1-13(2,3)7-6-10-5-4-9(11)8-12-10;10-5-1-2-6(11-4-5)8-3-7(9(13)14)12-15-8;1-2-4-8(5-3-1)9-6-10-7-9;1-2-7-4-3-6(8)5-9-7;6-5-2-1-4(7)3-8-5;1-5-6(2,3)4;1-2-9-4(7)3(5)6-8/h1-9,13H,10-11H2;3-6H,2H2,1H3;4-5,8H,1-3H3;1-4H,(H,13,14);1-5,9-10H,6-7H2;1,3-5H;1-3H;1H,2-4H3;8H,2H2,1H3/b;;;;;;;;6-3-. The van der Waals surface area contributed by atoms with Gasteiger partial charge in [0.15, 0.2) is 34.4 Å². The Labute approximate surface area is 651 Å². The van der Waals surface area contributed by atoms with Gasteiger partial charge in [-0.1, -0.05) is 144 Å². The largest absolute Gasteiger partial charge is 0.476 e. The number of halogens is 8. The SMILES string of the molecule is C#C[Si](C)(C)C.C#Cc1ccc(F)cn1.CCOC(=O)/C(Cl)=N/O.CCOC(=O)c1cc(-c2ccc(F)cn2)on1.C[Si](C)(C)C#Cc1ccc(F)cn1.Fc1ccc(Br)nc1.O=C(O)c1cc(-c2ccc(F)cn2)on1.O=C(c1cc(-c2ccc(F)cn2)on1)N1CC(c2ccccc2)C1.c1ccc(C2CNC2)cc1. The van der Waals surface area contributed by atoms with E-state index in [9.17, 15) is 45.5 Å². The lowest BCUT2D eigenvalue weighted by molar-refractivity contribution is -0.134. The van der Waals surface area contributed by atoms with Crippen LogP contribution >= 0.6 is 27.5 Å². The third-order valence-electron chi connectivity index (χ3n) is 13.7. The normalized spacial score (nSPS) is 11.8. The molecule has 0 bridgehead atoms. The van der Waals surface area contributed by atoms with Crippen LogP contribution in [0.1, 0.15) is 79.7 Å². The van der Waals surface area contributed by atoms with Crippen molar-refractivity contribution in [2.45, 2.75) is 65.0 Å². The van der Waals surface area contributed by atoms with Crippen LogP contribution in [-0.2, 0) is 14.3 Å². The van der Waals surface area contributed by atoms with Crippen molar-refractivity contribution in [2.24, 2.45) is 5.16 Å². The average Bonchev–Trinajstić information content (AvgIpc) is 1.78. The maximum atomic E-state index is 12.9. The van der Waals surface area contributed by atoms with Gasteiger partial charge in [0.2, 0.25) is 0 Å². The number of carbonyl (C=O) groups is 4. The summed E-state index contributed by atoms with van der Waals surface area (Å²) in [6, 6.07) is 41.6. The van der Waals surface area contributed by atoms with E-state index in [2.05, 4.69) is 181 Å². The molecule has 1 amide bonds. The number of likely N-dealkylation sites (tertiary alicyclic amines) is 1. The number of amides is 1. The molecule has 2 saturated heterocycles. The highest BCUT2D eigenvalue weighted by Crippen LogP contribution is 2.29. The quantitative estimate of drug-likeness (QED) is 0.0158. The highest BCUT2D eigenvalue weighted by Gasteiger charge is 2.34. The first-order valence-electron chi connectivity index (χ1n) is 33.2. The Morgan fingerprint density at radius 1 is 0.559 bits per heavy atom. The first-order chi connectivity index (χ1) is 52.9. The second-order valence-corrected chi connectivity index (χ2v) is 35.3. The van der Waals surface area contributed by atoms with Gasteiger partial charge in [-0.25, -0.2) is 70.6 Å². The van der Waals surface area contributed by atoms with E-state index in [1.54, 1.807) is 36.9 Å². The molecule has 0 radical (unpaired) electrons.